The van der Waals surface area contributed by atoms with Gasteiger partial charge in [-0.25, -0.2) is 3.63 Å². The minimum Gasteiger partial charge on any atom is -0.293 e. The second kappa shape index (κ2) is 9.72. The summed E-state index contributed by atoms with van der Waals surface area (Å²) < 4.78 is 175. The molecule has 0 amide bonds. The van der Waals surface area contributed by atoms with E-state index in [0.717, 1.165) is 0 Å². The van der Waals surface area contributed by atoms with Crippen LogP contribution in [0.1, 0.15) is 10.4 Å². The molecule has 4 nitrogen and oxygen atoms in total. The number of fused-ring (bicyclic) bond motifs is 2. The molecule has 0 radical (unpaired) electrons. The zero-order valence-corrected chi connectivity index (χ0v) is 21.6. The van der Waals surface area contributed by atoms with Gasteiger partial charge in [-0.05, 0) is 40.1 Å². The molecule has 0 aliphatic carbocycles. The van der Waals surface area contributed by atoms with E-state index in [1.54, 1.807) is 30.3 Å². The zero-order chi connectivity index (χ0) is 30.7. The Morgan fingerprint density at radius 2 is 1.12 bits per heavy atom. The van der Waals surface area contributed by atoms with Gasteiger partial charge in [0, 0.05) is 5.56 Å². The van der Waals surface area contributed by atoms with E-state index in [-0.39, 0.29) is 5.56 Å². The van der Waals surface area contributed by atoms with Crippen LogP contribution in [0.25, 0.3) is 21.5 Å². The van der Waals surface area contributed by atoms with Crippen molar-refractivity contribution in [1.29, 1.82) is 0 Å². The first-order valence-electron chi connectivity index (χ1n) is 10.6. The summed E-state index contributed by atoms with van der Waals surface area (Å²) >= 11 is 0. The standard InChI is InChI=1S/C23H17F11O4S2/c1-39(2,12-17(35)18-15-9-5-3-7-13(15)11-14-8-4-6-10-16(14)18)38-40(36,37)23(33,34)21(28,29)19(24,25)20(26,27)22(30,31)32/h3-11H,12H2,1-2H3. The summed E-state index contributed by atoms with van der Waals surface area (Å²) in [5, 5.41) is -5.63. The number of benzene rings is 3. The molecular formula is C23H17F11O4S2. The first-order valence-corrected chi connectivity index (χ1v) is 14.5. The number of ketones is 1. The molecule has 0 saturated heterocycles. The lowest BCUT2D eigenvalue weighted by Crippen LogP contribution is -2.68. The second-order valence-corrected chi connectivity index (χ2v) is 14.1. The van der Waals surface area contributed by atoms with Crippen molar-refractivity contribution in [2.45, 2.75) is 29.2 Å². The maximum atomic E-state index is 14.3. The minimum absolute atomic E-state index is 0.0521. The SMILES string of the molecule is CS(C)(CC(=O)c1c2ccccc2cc2ccccc12)OS(=O)(=O)C(F)(F)C(F)(F)C(F)(F)C(F)(F)C(F)(F)F. The molecule has 40 heavy (non-hydrogen) atoms. The first-order chi connectivity index (χ1) is 17.9. The number of Topliss-reactive ketones (excluding diaryl/α,β-unsaturated/α-hetero) is 1. The van der Waals surface area contributed by atoms with Crippen molar-refractivity contribution in [1.82, 2.24) is 0 Å². The van der Waals surface area contributed by atoms with E-state index in [9.17, 15) is 61.5 Å². The molecule has 222 valence electrons. The van der Waals surface area contributed by atoms with Crippen LogP contribution in [0.3, 0.4) is 0 Å². The molecule has 17 heteroatoms. The topological polar surface area (TPSA) is 60.4 Å². The number of halogens is 11. The highest BCUT2D eigenvalue weighted by Gasteiger charge is 2.90. The Morgan fingerprint density at radius 1 is 0.700 bits per heavy atom. The normalized spacial score (nSPS) is 15.0. The molecule has 0 fully saturated rings. The first kappa shape index (κ1) is 31.9. The Morgan fingerprint density at radius 3 is 1.55 bits per heavy atom. The summed E-state index contributed by atoms with van der Waals surface area (Å²) in [5.74, 6) is -25.6. The average Bonchev–Trinajstić information content (AvgIpc) is 2.80. The Bertz CT molecular complexity index is 1510. The third-order valence-corrected chi connectivity index (χ3v) is 9.66. The van der Waals surface area contributed by atoms with E-state index in [1.807, 2.05) is 0 Å². The summed E-state index contributed by atoms with van der Waals surface area (Å²) in [6.45, 7) is 0. The van der Waals surface area contributed by atoms with E-state index in [4.69, 9.17) is 0 Å². The van der Waals surface area contributed by atoms with Gasteiger partial charge in [0.15, 0.2) is 5.78 Å². The molecule has 0 bridgehead atoms. The lowest BCUT2D eigenvalue weighted by Gasteiger charge is -2.38. The quantitative estimate of drug-likeness (QED) is 0.139. The molecule has 3 rings (SSSR count). The van der Waals surface area contributed by atoms with Crippen molar-refractivity contribution in [2.75, 3.05) is 18.3 Å². The average molecular weight is 630 g/mol. The molecule has 3 aromatic carbocycles. The van der Waals surface area contributed by atoms with Gasteiger partial charge >= 0.3 is 39.3 Å². The van der Waals surface area contributed by atoms with Crippen LogP contribution < -0.4 is 0 Å². The van der Waals surface area contributed by atoms with Crippen LogP contribution in [0.15, 0.2) is 54.6 Å². The molecule has 3 aromatic rings. The van der Waals surface area contributed by atoms with Gasteiger partial charge in [-0.15, -0.1) is 10.3 Å². The highest BCUT2D eigenvalue weighted by atomic mass is 32.3. The Kier molecular flexibility index (Phi) is 7.74. The van der Waals surface area contributed by atoms with Crippen LogP contribution in [0.2, 0.25) is 0 Å². The van der Waals surface area contributed by atoms with E-state index < -0.39 is 61.2 Å². The Labute approximate surface area is 220 Å². The molecule has 0 aliphatic heterocycles. The summed E-state index contributed by atoms with van der Waals surface area (Å²) in [5.41, 5.74) is -0.0521. The number of alkyl halides is 11. The zero-order valence-electron chi connectivity index (χ0n) is 20.0. The molecule has 0 aromatic heterocycles. The smallest absolute Gasteiger partial charge is 0.293 e. The highest BCUT2D eigenvalue weighted by molar-refractivity contribution is 8.32. The Balaban J connectivity index is 2.00. The van der Waals surface area contributed by atoms with E-state index >= 15 is 0 Å². The molecule has 0 heterocycles. The van der Waals surface area contributed by atoms with E-state index in [2.05, 4.69) is 3.63 Å². The van der Waals surface area contributed by atoms with Gasteiger partial charge in [0.05, 0.1) is 5.75 Å². The maximum Gasteiger partial charge on any atom is 0.460 e. The molecule has 0 N–H and O–H groups in total. The number of carbonyl (C=O) groups excluding carboxylic acids is 1. The maximum absolute atomic E-state index is 14.3. The summed E-state index contributed by atoms with van der Waals surface area (Å²) in [6, 6.07) is 14.2. The molecule has 0 unspecified atom stereocenters. The predicted octanol–water partition coefficient (Wildman–Crippen LogP) is 7.56. The van der Waals surface area contributed by atoms with Crippen molar-refractivity contribution in [3.05, 3.63) is 60.2 Å². The molecule has 0 aliphatic rings. The van der Waals surface area contributed by atoms with Gasteiger partial charge in [-0.3, -0.25) is 4.79 Å². The lowest BCUT2D eigenvalue weighted by atomic mass is 9.95. The molecular weight excluding hydrogens is 613 g/mol. The predicted molar refractivity (Wildman–Crippen MR) is 126 cm³/mol. The monoisotopic (exact) mass is 630 g/mol. The summed E-state index contributed by atoms with van der Waals surface area (Å²) in [6.07, 6.45) is -6.09. The van der Waals surface area contributed by atoms with Gasteiger partial charge in [-0.2, -0.15) is 56.7 Å². The number of rotatable bonds is 9. The van der Waals surface area contributed by atoms with Crippen LogP contribution in [-0.2, 0) is 13.7 Å². The molecule has 0 atom stereocenters. The van der Waals surface area contributed by atoms with E-state index in [0.29, 0.717) is 34.1 Å². The van der Waals surface area contributed by atoms with Crippen LogP contribution in [-0.4, -0.2) is 61.7 Å². The third-order valence-electron chi connectivity index (χ3n) is 5.63. The van der Waals surface area contributed by atoms with Crippen molar-refractivity contribution >= 4 is 47.8 Å². The highest BCUT2D eigenvalue weighted by Crippen LogP contribution is 2.60. The lowest BCUT2D eigenvalue weighted by molar-refractivity contribution is -0.413. The summed E-state index contributed by atoms with van der Waals surface area (Å²) in [4.78, 5) is 13.3. The van der Waals surface area contributed by atoms with Crippen molar-refractivity contribution in [3.63, 3.8) is 0 Å². The number of carbonyl (C=O) groups is 1. The van der Waals surface area contributed by atoms with Gasteiger partial charge in [0.1, 0.15) is 0 Å². The fourth-order valence-electron chi connectivity index (χ4n) is 3.73. The minimum atomic E-state index is -7.94. The van der Waals surface area contributed by atoms with Crippen LogP contribution in [0, 0.1) is 0 Å². The number of hydrogen-bond donors (Lipinski definition) is 0. The van der Waals surface area contributed by atoms with Crippen molar-refractivity contribution < 1.29 is 65.1 Å². The number of hydrogen-bond acceptors (Lipinski definition) is 4. The second-order valence-electron chi connectivity index (χ2n) is 8.96. The largest absolute Gasteiger partial charge is 0.460 e. The van der Waals surface area contributed by atoms with Gasteiger partial charge in [0.25, 0.3) is 0 Å². The van der Waals surface area contributed by atoms with Gasteiger partial charge in [0.2, 0.25) is 0 Å². The van der Waals surface area contributed by atoms with Crippen molar-refractivity contribution in [2.24, 2.45) is 0 Å². The van der Waals surface area contributed by atoms with Crippen molar-refractivity contribution in [3.8, 4) is 0 Å². The third kappa shape index (κ3) is 5.00. The molecule has 0 spiro atoms. The Hall–Kier alpha value is -2.66. The van der Waals surface area contributed by atoms with E-state index in [1.165, 1.54) is 24.3 Å². The molecule has 0 saturated carbocycles. The fraction of sp³-hybridized carbons (Fsp3) is 0.348. The van der Waals surface area contributed by atoms with Gasteiger partial charge in [-0.1, -0.05) is 48.5 Å². The van der Waals surface area contributed by atoms with Crippen LogP contribution in [0.5, 0.6) is 0 Å². The van der Waals surface area contributed by atoms with Crippen LogP contribution in [0.4, 0.5) is 48.3 Å². The summed E-state index contributed by atoms with van der Waals surface area (Å²) in [7, 11) is -11.1. The van der Waals surface area contributed by atoms with Gasteiger partial charge < -0.3 is 0 Å². The fourth-order valence-corrected chi connectivity index (χ4v) is 7.42. The van der Waals surface area contributed by atoms with Crippen LogP contribution >= 0.6 is 10.3 Å².